The normalized spacial score (nSPS) is 18.9. The van der Waals surface area contributed by atoms with Gasteiger partial charge in [0, 0.05) is 6.04 Å². The molecule has 1 fully saturated rings. The van der Waals surface area contributed by atoms with Gasteiger partial charge >= 0.3 is 0 Å². The summed E-state index contributed by atoms with van der Waals surface area (Å²) >= 11 is 0. The zero-order valence-corrected chi connectivity index (χ0v) is 6.82. The lowest BCUT2D eigenvalue weighted by molar-refractivity contribution is 0.338. The van der Waals surface area contributed by atoms with Crippen molar-refractivity contribution in [1.29, 1.82) is 0 Å². The quantitative estimate of drug-likeness (QED) is 0.553. The fourth-order valence-electron chi connectivity index (χ4n) is 1.18. The summed E-state index contributed by atoms with van der Waals surface area (Å²) in [5.41, 5.74) is 0. The third kappa shape index (κ3) is 2.67. The summed E-state index contributed by atoms with van der Waals surface area (Å²) in [5, 5.41) is 6.65. The molecule has 0 bridgehead atoms. The molecule has 0 atom stereocenters. The number of hydrogen-bond acceptors (Lipinski definition) is 2. The number of rotatable bonds is 5. The molecular formula is C8H18N2. The van der Waals surface area contributed by atoms with Crippen LogP contribution in [0.15, 0.2) is 0 Å². The van der Waals surface area contributed by atoms with Crippen molar-refractivity contribution < 1.29 is 0 Å². The van der Waals surface area contributed by atoms with Crippen molar-refractivity contribution in [2.24, 2.45) is 0 Å². The minimum Gasteiger partial charge on any atom is -0.320 e. The smallest absolute Gasteiger partial charge is 0.00670 e. The first-order valence-corrected chi connectivity index (χ1v) is 4.31. The van der Waals surface area contributed by atoms with E-state index in [4.69, 9.17) is 0 Å². The van der Waals surface area contributed by atoms with Crippen LogP contribution in [0.3, 0.4) is 0 Å². The molecule has 0 aromatic carbocycles. The second kappa shape index (κ2) is 4.69. The molecule has 0 aliphatic heterocycles. The Morgan fingerprint density at radius 3 is 2.60 bits per heavy atom. The van der Waals surface area contributed by atoms with Gasteiger partial charge < -0.3 is 10.6 Å². The van der Waals surface area contributed by atoms with Crippen molar-refractivity contribution in [1.82, 2.24) is 10.6 Å². The van der Waals surface area contributed by atoms with Gasteiger partial charge in [0.1, 0.15) is 0 Å². The van der Waals surface area contributed by atoms with E-state index in [2.05, 4.69) is 10.6 Å². The average molecular weight is 142 g/mol. The predicted octanol–water partition coefficient (Wildman–Crippen LogP) is 0.738. The van der Waals surface area contributed by atoms with Crippen molar-refractivity contribution in [3.8, 4) is 0 Å². The zero-order valence-electron chi connectivity index (χ0n) is 6.82. The third-order valence-electron chi connectivity index (χ3n) is 2.14. The molecule has 0 aromatic rings. The maximum Gasteiger partial charge on any atom is 0.00670 e. The molecular weight excluding hydrogens is 124 g/mol. The van der Waals surface area contributed by atoms with Crippen molar-refractivity contribution in [2.75, 3.05) is 20.1 Å². The second-order valence-electron chi connectivity index (χ2n) is 3.04. The SMILES string of the molecule is CNCCCNC1CCC1. The fraction of sp³-hybridized carbons (Fsp3) is 1.00. The molecule has 1 rings (SSSR count). The monoisotopic (exact) mass is 142 g/mol. The maximum absolute atomic E-state index is 3.51. The molecule has 1 aliphatic carbocycles. The van der Waals surface area contributed by atoms with Gasteiger partial charge in [0.05, 0.1) is 0 Å². The minimum absolute atomic E-state index is 0.858. The fourth-order valence-corrected chi connectivity index (χ4v) is 1.18. The van der Waals surface area contributed by atoms with E-state index in [1.54, 1.807) is 0 Å². The molecule has 10 heavy (non-hydrogen) atoms. The van der Waals surface area contributed by atoms with Gasteiger partial charge in [0.2, 0.25) is 0 Å². The van der Waals surface area contributed by atoms with Gasteiger partial charge in [-0.25, -0.2) is 0 Å². The summed E-state index contributed by atoms with van der Waals surface area (Å²) in [7, 11) is 2.00. The molecule has 1 aliphatic rings. The highest BCUT2D eigenvalue weighted by atomic mass is 14.9. The lowest BCUT2D eigenvalue weighted by Crippen LogP contribution is -2.36. The van der Waals surface area contributed by atoms with Crippen LogP contribution in [0, 0.1) is 0 Å². The highest BCUT2D eigenvalue weighted by Gasteiger charge is 2.15. The minimum atomic E-state index is 0.858. The van der Waals surface area contributed by atoms with Crippen molar-refractivity contribution in [3.63, 3.8) is 0 Å². The topological polar surface area (TPSA) is 24.1 Å². The summed E-state index contributed by atoms with van der Waals surface area (Å²) in [5.74, 6) is 0. The molecule has 2 N–H and O–H groups in total. The first kappa shape index (κ1) is 8.02. The number of hydrogen-bond donors (Lipinski definition) is 2. The van der Waals surface area contributed by atoms with Crippen LogP contribution in [-0.4, -0.2) is 26.2 Å². The van der Waals surface area contributed by atoms with Crippen molar-refractivity contribution in [2.45, 2.75) is 31.7 Å². The molecule has 0 amide bonds. The van der Waals surface area contributed by atoms with Gasteiger partial charge in [-0.1, -0.05) is 6.42 Å². The Labute approximate surface area is 63.4 Å². The molecule has 2 heteroatoms. The second-order valence-corrected chi connectivity index (χ2v) is 3.04. The van der Waals surface area contributed by atoms with E-state index in [1.165, 1.54) is 32.2 Å². The average Bonchev–Trinajstić information content (AvgIpc) is 1.84. The van der Waals surface area contributed by atoms with Crippen LogP contribution >= 0.6 is 0 Å². The van der Waals surface area contributed by atoms with E-state index in [-0.39, 0.29) is 0 Å². The Morgan fingerprint density at radius 2 is 2.10 bits per heavy atom. The van der Waals surface area contributed by atoms with E-state index >= 15 is 0 Å². The number of nitrogens with one attached hydrogen (secondary N) is 2. The van der Waals surface area contributed by atoms with E-state index in [0.717, 1.165) is 12.6 Å². The van der Waals surface area contributed by atoms with E-state index in [9.17, 15) is 0 Å². The Bertz CT molecular complexity index is 79.3. The molecule has 2 nitrogen and oxygen atoms in total. The summed E-state index contributed by atoms with van der Waals surface area (Å²) in [6.45, 7) is 2.32. The van der Waals surface area contributed by atoms with Crippen LogP contribution in [0.2, 0.25) is 0 Å². The summed E-state index contributed by atoms with van der Waals surface area (Å²) in [6.07, 6.45) is 5.50. The summed E-state index contributed by atoms with van der Waals surface area (Å²) in [4.78, 5) is 0. The van der Waals surface area contributed by atoms with Crippen molar-refractivity contribution in [3.05, 3.63) is 0 Å². The van der Waals surface area contributed by atoms with Crippen LogP contribution in [0.5, 0.6) is 0 Å². The molecule has 0 saturated heterocycles. The Morgan fingerprint density at radius 1 is 1.30 bits per heavy atom. The highest BCUT2D eigenvalue weighted by molar-refractivity contribution is 4.75. The zero-order chi connectivity index (χ0) is 7.23. The van der Waals surface area contributed by atoms with E-state index in [1.807, 2.05) is 7.05 Å². The lowest BCUT2D eigenvalue weighted by Gasteiger charge is -2.26. The summed E-state index contributed by atoms with van der Waals surface area (Å²) in [6, 6.07) is 0.858. The van der Waals surface area contributed by atoms with E-state index < -0.39 is 0 Å². The summed E-state index contributed by atoms with van der Waals surface area (Å²) < 4.78 is 0. The largest absolute Gasteiger partial charge is 0.320 e. The predicted molar refractivity (Wildman–Crippen MR) is 44.2 cm³/mol. The first-order valence-electron chi connectivity index (χ1n) is 4.31. The van der Waals surface area contributed by atoms with Crippen LogP contribution in [0.1, 0.15) is 25.7 Å². The van der Waals surface area contributed by atoms with Gasteiger partial charge in [0.25, 0.3) is 0 Å². The lowest BCUT2D eigenvalue weighted by atomic mass is 9.93. The van der Waals surface area contributed by atoms with Crippen LogP contribution in [0.4, 0.5) is 0 Å². The Balaban J connectivity index is 1.76. The standard InChI is InChI=1S/C8H18N2/c1-9-6-3-7-10-8-4-2-5-8/h8-10H,2-7H2,1H3. The van der Waals surface area contributed by atoms with Gasteiger partial charge in [-0.2, -0.15) is 0 Å². The molecule has 0 heterocycles. The molecule has 60 valence electrons. The molecule has 0 unspecified atom stereocenters. The maximum atomic E-state index is 3.51. The van der Waals surface area contributed by atoms with Gasteiger partial charge in [0.15, 0.2) is 0 Å². The highest BCUT2D eigenvalue weighted by Crippen LogP contribution is 2.17. The molecule has 1 saturated carbocycles. The van der Waals surface area contributed by atoms with Gasteiger partial charge in [-0.05, 0) is 39.4 Å². The molecule has 0 spiro atoms. The first-order chi connectivity index (χ1) is 4.93. The van der Waals surface area contributed by atoms with Crippen molar-refractivity contribution >= 4 is 0 Å². The van der Waals surface area contributed by atoms with Gasteiger partial charge in [-0.15, -0.1) is 0 Å². The molecule has 0 aromatic heterocycles. The molecule has 0 radical (unpaired) electrons. The Kier molecular flexibility index (Phi) is 3.76. The van der Waals surface area contributed by atoms with Crippen LogP contribution in [0.25, 0.3) is 0 Å². The van der Waals surface area contributed by atoms with Crippen LogP contribution < -0.4 is 10.6 Å². The van der Waals surface area contributed by atoms with E-state index in [0.29, 0.717) is 0 Å². The van der Waals surface area contributed by atoms with Gasteiger partial charge in [-0.3, -0.25) is 0 Å². The van der Waals surface area contributed by atoms with Crippen LogP contribution in [-0.2, 0) is 0 Å². The Hall–Kier alpha value is -0.0800. The third-order valence-corrected chi connectivity index (χ3v) is 2.14.